The van der Waals surface area contributed by atoms with Gasteiger partial charge in [0.15, 0.2) is 5.16 Å². The summed E-state index contributed by atoms with van der Waals surface area (Å²) in [7, 11) is 0. The van der Waals surface area contributed by atoms with Gasteiger partial charge >= 0.3 is 0 Å². The molecule has 3 aromatic rings. The third kappa shape index (κ3) is 4.29. The van der Waals surface area contributed by atoms with Gasteiger partial charge in [-0.2, -0.15) is 0 Å². The van der Waals surface area contributed by atoms with Gasteiger partial charge in [0.2, 0.25) is 5.91 Å². The maximum Gasteiger partial charge on any atom is 0.266 e. The highest BCUT2D eigenvalue weighted by Crippen LogP contribution is 2.27. The van der Waals surface area contributed by atoms with Crippen molar-refractivity contribution in [2.45, 2.75) is 43.1 Å². The molecule has 1 fully saturated rings. The summed E-state index contributed by atoms with van der Waals surface area (Å²) < 4.78 is 7.08. The number of rotatable bonds is 7. The summed E-state index contributed by atoms with van der Waals surface area (Å²) in [6.07, 6.45) is 2.07. The molecule has 0 spiro atoms. The first kappa shape index (κ1) is 19.5. The molecule has 29 heavy (non-hydrogen) atoms. The number of thioether (sulfide) groups is 1. The fraction of sp³-hybridized carbons (Fsp3) is 0.318. The highest BCUT2D eigenvalue weighted by Gasteiger charge is 2.27. The van der Waals surface area contributed by atoms with Crippen LogP contribution in [0, 0.1) is 0 Å². The Bertz CT molecular complexity index is 1090. The molecular formula is C22H23N3O3S. The predicted octanol–water partition coefficient (Wildman–Crippen LogP) is 3.54. The molecule has 1 aliphatic carbocycles. The van der Waals surface area contributed by atoms with Crippen LogP contribution in [0.4, 0.5) is 0 Å². The summed E-state index contributed by atoms with van der Waals surface area (Å²) >= 11 is 1.29. The van der Waals surface area contributed by atoms with E-state index in [4.69, 9.17) is 9.72 Å². The molecule has 1 heterocycles. The first-order chi connectivity index (χ1) is 14.1. The lowest BCUT2D eigenvalue weighted by Gasteiger charge is -2.16. The van der Waals surface area contributed by atoms with Crippen molar-refractivity contribution in [2.24, 2.45) is 0 Å². The number of hydrogen-bond acceptors (Lipinski definition) is 5. The van der Waals surface area contributed by atoms with Crippen molar-refractivity contribution in [3.05, 3.63) is 58.9 Å². The first-order valence-electron chi connectivity index (χ1n) is 9.79. The fourth-order valence-electron chi connectivity index (χ4n) is 3.04. The molecule has 0 aliphatic heterocycles. The Balaban J connectivity index is 1.75. The number of ether oxygens (including phenoxy) is 1. The molecule has 1 saturated carbocycles. The van der Waals surface area contributed by atoms with Gasteiger partial charge in [-0.25, -0.2) is 4.98 Å². The molecule has 2 aromatic carbocycles. The smallest absolute Gasteiger partial charge is 0.266 e. The number of fused-ring (bicyclic) bond motifs is 1. The Hall–Kier alpha value is -2.80. The second-order valence-corrected chi connectivity index (χ2v) is 8.33. The zero-order chi connectivity index (χ0) is 20.4. The van der Waals surface area contributed by atoms with E-state index in [9.17, 15) is 9.59 Å². The van der Waals surface area contributed by atoms with Crippen LogP contribution in [0.3, 0.4) is 0 Å². The van der Waals surface area contributed by atoms with Crippen molar-refractivity contribution in [1.29, 1.82) is 0 Å². The summed E-state index contributed by atoms with van der Waals surface area (Å²) in [5, 5.41) is 3.69. The van der Waals surface area contributed by atoms with E-state index < -0.39 is 0 Å². The average Bonchev–Trinajstić information content (AvgIpc) is 3.53. The van der Waals surface area contributed by atoms with E-state index in [0.29, 0.717) is 34.4 Å². The monoisotopic (exact) mass is 409 g/mol. The van der Waals surface area contributed by atoms with Gasteiger partial charge in [0.25, 0.3) is 5.56 Å². The Labute approximate surface area is 173 Å². The van der Waals surface area contributed by atoms with Crippen LogP contribution in [-0.2, 0) is 4.79 Å². The number of nitrogens with zero attached hydrogens (tertiary/aromatic N) is 2. The largest absolute Gasteiger partial charge is 0.494 e. The van der Waals surface area contributed by atoms with Gasteiger partial charge in [-0.1, -0.05) is 23.9 Å². The summed E-state index contributed by atoms with van der Waals surface area (Å²) in [4.78, 5) is 30.4. The Morgan fingerprint density at radius 2 is 1.97 bits per heavy atom. The Morgan fingerprint density at radius 1 is 1.24 bits per heavy atom. The first-order valence-corrected chi connectivity index (χ1v) is 10.7. The molecule has 0 unspecified atom stereocenters. The molecule has 1 aromatic heterocycles. The highest BCUT2D eigenvalue weighted by atomic mass is 32.2. The molecular weight excluding hydrogens is 386 g/mol. The number of nitrogens with one attached hydrogen (secondary N) is 1. The minimum absolute atomic E-state index is 0.0295. The maximum absolute atomic E-state index is 13.3. The highest BCUT2D eigenvalue weighted by molar-refractivity contribution is 8.00. The number of benzene rings is 2. The van der Waals surface area contributed by atoms with E-state index in [1.165, 1.54) is 11.8 Å². The SMILES string of the molecule is CCOc1ccc(-n2c(S[C@H](C)C(=O)NC3CC3)nc3ccccc3c2=O)cc1. The number of aromatic nitrogens is 2. The Morgan fingerprint density at radius 3 is 2.66 bits per heavy atom. The molecule has 0 bridgehead atoms. The van der Waals surface area contributed by atoms with Gasteiger partial charge < -0.3 is 10.1 Å². The lowest BCUT2D eigenvalue weighted by atomic mass is 10.2. The van der Waals surface area contributed by atoms with E-state index in [-0.39, 0.29) is 16.7 Å². The quantitative estimate of drug-likeness (QED) is 0.477. The van der Waals surface area contributed by atoms with Crippen molar-refractivity contribution in [3.8, 4) is 11.4 Å². The van der Waals surface area contributed by atoms with Crippen LogP contribution in [0.2, 0.25) is 0 Å². The molecule has 1 atom stereocenters. The van der Waals surface area contributed by atoms with Crippen molar-refractivity contribution in [2.75, 3.05) is 6.61 Å². The molecule has 0 radical (unpaired) electrons. The second kappa shape index (κ2) is 8.29. The minimum atomic E-state index is -0.363. The van der Waals surface area contributed by atoms with Gasteiger partial charge in [-0.15, -0.1) is 0 Å². The van der Waals surface area contributed by atoms with Crippen LogP contribution in [0.1, 0.15) is 26.7 Å². The van der Waals surface area contributed by atoms with Crippen LogP contribution in [0.25, 0.3) is 16.6 Å². The molecule has 7 heteroatoms. The van der Waals surface area contributed by atoms with E-state index in [1.807, 2.05) is 56.3 Å². The van der Waals surface area contributed by atoms with Crippen molar-refractivity contribution in [3.63, 3.8) is 0 Å². The minimum Gasteiger partial charge on any atom is -0.494 e. The number of para-hydroxylation sites is 1. The number of hydrogen-bond donors (Lipinski definition) is 1. The normalized spacial score (nSPS) is 14.6. The van der Waals surface area contributed by atoms with Gasteiger partial charge in [0.05, 0.1) is 28.4 Å². The lowest BCUT2D eigenvalue weighted by molar-refractivity contribution is -0.120. The molecule has 1 aliphatic rings. The van der Waals surface area contributed by atoms with Gasteiger partial charge in [0.1, 0.15) is 5.75 Å². The van der Waals surface area contributed by atoms with Crippen LogP contribution < -0.4 is 15.6 Å². The van der Waals surface area contributed by atoms with Crippen molar-refractivity contribution < 1.29 is 9.53 Å². The maximum atomic E-state index is 13.3. The fourth-order valence-corrected chi connectivity index (χ4v) is 3.97. The summed E-state index contributed by atoms with van der Waals surface area (Å²) in [5.41, 5.74) is 1.16. The topological polar surface area (TPSA) is 73.2 Å². The third-order valence-electron chi connectivity index (χ3n) is 4.73. The molecule has 150 valence electrons. The number of carbonyl (C=O) groups is 1. The zero-order valence-electron chi connectivity index (χ0n) is 16.4. The van der Waals surface area contributed by atoms with Crippen molar-refractivity contribution >= 4 is 28.6 Å². The standard InChI is InChI=1S/C22H23N3O3S/c1-3-28-17-12-10-16(11-13-17)25-21(27)18-6-4-5-7-19(18)24-22(25)29-14(2)20(26)23-15-8-9-15/h4-7,10-15H,3,8-9H2,1-2H3,(H,23,26)/t14-/m1/s1. The van der Waals surface area contributed by atoms with Crippen LogP contribution in [0.5, 0.6) is 5.75 Å². The van der Waals surface area contributed by atoms with Crippen LogP contribution in [-0.4, -0.2) is 33.4 Å². The zero-order valence-corrected chi connectivity index (χ0v) is 17.2. The Kier molecular flexibility index (Phi) is 5.58. The van der Waals surface area contributed by atoms with Crippen LogP contribution in [0.15, 0.2) is 58.5 Å². The number of amides is 1. The molecule has 4 rings (SSSR count). The predicted molar refractivity (Wildman–Crippen MR) is 115 cm³/mol. The van der Waals surface area contributed by atoms with E-state index in [1.54, 1.807) is 10.6 Å². The summed E-state index contributed by atoms with van der Waals surface area (Å²) in [6.45, 7) is 4.34. The lowest BCUT2D eigenvalue weighted by Crippen LogP contribution is -2.33. The second-order valence-electron chi connectivity index (χ2n) is 7.02. The van der Waals surface area contributed by atoms with Crippen molar-refractivity contribution in [1.82, 2.24) is 14.9 Å². The number of carbonyl (C=O) groups excluding carboxylic acids is 1. The molecule has 6 nitrogen and oxygen atoms in total. The van der Waals surface area contributed by atoms with E-state index >= 15 is 0 Å². The third-order valence-corrected chi connectivity index (χ3v) is 5.78. The van der Waals surface area contributed by atoms with Crippen LogP contribution >= 0.6 is 11.8 Å². The average molecular weight is 410 g/mol. The van der Waals surface area contributed by atoms with E-state index in [2.05, 4.69) is 5.32 Å². The molecule has 1 amide bonds. The molecule has 1 N–H and O–H groups in total. The van der Waals surface area contributed by atoms with Gasteiger partial charge in [-0.3, -0.25) is 14.2 Å². The summed E-state index contributed by atoms with van der Waals surface area (Å²) in [6, 6.07) is 14.9. The summed E-state index contributed by atoms with van der Waals surface area (Å²) in [5.74, 6) is 0.711. The van der Waals surface area contributed by atoms with Gasteiger partial charge in [-0.05, 0) is 63.1 Å². The van der Waals surface area contributed by atoms with Gasteiger partial charge in [0, 0.05) is 6.04 Å². The molecule has 0 saturated heterocycles. The van der Waals surface area contributed by atoms with E-state index in [0.717, 1.165) is 18.6 Å².